The Morgan fingerprint density at radius 1 is 1.21 bits per heavy atom. The first-order chi connectivity index (χ1) is 13.0. The van der Waals surface area contributed by atoms with E-state index >= 15 is 0 Å². The molecule has 6 nitrogen and oxygen atoms in total. The number of nitrogens with one attached hydrogen (secondary N) is 1. The molecule has 0 bridgehead atoms. The van der Waals surface area contributed by atoms with Crippen molar-refractivity contribution >= 4 is 57.8 Å². The van der Waals surface area contributed by atoms with Crippen molar-refractivity contribution in [1.29, 1.82) is 0 Å². The highest BCUT2D eigenvalue weighted by Crippen LogP contribution is 2.37. The van der Waals surface area contributed by atoms with Gasteiger partial charge in [0.15, 0.2) is 5.82 Å². The Kier molecular flexibility index (Phi) is 5.60. The second-order valence-electron chi connectivity index (χ2n) is 5.58. The molecule has 0 saturated heterocycles. The lowest BCUT2D eigenvalue weighted by molar-refractivity contribution is 0.163. The third kappa shape index (κ3) is 4.43. The molecular weight excluding hydrogens is 446 g/mol. The summed E-state index contributed by atoms with van der Waals surface area (Å²) in [5, 5.41) is 5.81. The molecule has 0 radical (unpaired) electrons. The van der Waals surface area contributed by atoms with Crippen molar-refractivity contribution in [3.05, 3.63) is 41.3 Å². The fourth-order valence-corrected chi connectivity index (χ4v) is 2.60. The van der Waals surface area contributed by atoms with Crippen molar-refractivity contribution in [3.63, 3.8) is 0 Å². The Balaban J connectivity index is 2.08. The normalized spacial score (nSPS) is 11.7. The zero-order chi connectivity index (χ0) is 20.6. The van der Waals surface area contributed by atoms with Crippen LogP contribution in [0.5, 0.6) is 0 Å². The highest BCUT2D eigenvalue weighted by molar-refractivity contribution is 6.67. The molecule has 0 spiro atoms. The first-order valence-electron chi connectivity index (χ1n) is 7.47. The van der Waals surface area contributed by atoms with E-state index in [0.29, 0.717) is 17.8 Å². The van der Waals surface area contributed by atoms with E-state index in [1.54, 1.807) is 6.92 Å². The topological polar surface area (TPSA) is 77.2 Å². The standard InChI is InChI=1S/C16H9Cl3F3N3O3/c1-6-2-8(11-9(21)3-7(20)4-10(11)22)12-13(25-28-14(12)23-6)24-15(26)27-5-16(17,18)19/h2-4H,5H2,1H3,(H,24,25,26). The van der Waals surface area contributed by atoms with Crippen LogP contribution in [0, 0.1) is 24.4 Å². The molecule has 0 saturated carbocycles. The van der Waals surface area contributed by atoms with Crippen molar-refractivity contribution in [2.24, 2.45) is 0 Å². The van der Waals surface area contributed by atoms with Gasteiger partial charge in [-0.3, -0.25) is 5.32 Å². The van der Waals surface area contributed by atoms with Crippen LogP contribution in [0.2, 0.25) is 0 Å². The molecule has 1 amide bonds. The lowest BCUT2D eigenvalue weighted by Gasteiger charge is -2.12. The number of benzene rings is 1. The first kappa shape index (κ1) is 20.5. The maximum absolute atomic E-state index is 14.3. The summed E-state index contributed by atoms with van der Waals surface area (Å²) in [6.07, 6.45) is -1.06. The highest BCUT2D eigenvalue weighted by atomic mass is 35.6. The number of hydrogen-bond acceptors (Lipinski definition) is 5. The van der Waals surface area contributed by atoms with Crippen LogP contribution in [0.25, 0.3) is 22.2 Å². The lowest BCUT2D eigenvalue weighted by atomic mass is 10.0. The van der Waals surface area contributed by atoms with E-state index in [9.17, 15) is 18.0 Å². The number of fused-ring (bicyclic) bond motifs is 1. The van der Waals surface area contributed by atoms with E-state index in [4.69, 9.17) is 44.1 Å². The number of halogens is 6. The molecule has 0 atom stereocenters. The fraction of sp³-hybridized carbons (Fsp3) is 0.188. The molecule has 0 aliphatic carbocycles. The van der Waals surface area contributed by atoms with Gasteiger partial charge in [0.05, 0.1) is 10.9 Å². The summed E-state index contributed by atoms with van der Waals surface area (Å²) in [5.41, 5.74) is -0.379. The predicted octanol–water partition coefficient (Wildman–Crippen LogP) is 5.53. The van der Waals surface area contributed by atoms with Gasteiger partial charge in [0.25, 0.3) is 5.71 Å². The average Bonchev–Trinajstić information content (AvgIpc) is 2.94. The van der Waals surface area contributed by atoms with Crippen molar-refractivity contribution in [1.82, 2.24) is 10.1 Å². The van der Waals surface area contributed by atoms with Gasteiger partial charge >= 0.3 is 6.09 Å². The van der Waals surface area contributed by atoms with Gasteiger partial charge in [-0.15, -0.1) is 0 Å². The summed E-state index contributed by atoms with van der Waals surface area (Å²) in [5.74, 6) is -3.64. The number of nitrogens with zero attached hydrogens (tertiary/aromatic N) is 2. The van der Waals surface area contributed by atoms with Crippen LogP contribution >= 0.6 is 34.8 Å². The van der Waals surface area contributed by atoms with E-state index in [0.717, 1.165) is 0 Å². The minimum Gasteiger partial charge on any atom is -0.445 e. The number of amides is 1. The number of aromatic nitrogens is 2. The van der Waals surface area contributed by atoms with Gasteiger partial charge in [0.2, 0.25) is 3.79 Å². The van der Waals surface area contributed by atoms with Gasteiger partial charge in [-0.2, -0.15) is 0 Å². The SMILES string of the molecule is Cc1cc(-c2c(F)cc(F)cc2F)c2c(NC(=O)OCC(Cl)(Cl)Cl)noc2n1. The van der Waals surface area contributed by atoms with Crippen LogP contribution in [-0.4, -0.2) is 26.6 Å². The number of anilines is 1. The van der Waals surface area contributed by atoms with Crippen LogP contribution < -0.4 is 5.32 Å². The van der Waals surface area contributed by atoms with Crippen molar-refractivity contribution in [2.75, 3.05) is 11.9 Å². The molecule has 3 rings (SSSR count). The third-order valence-electron chi connectivity index (χ3n) is 3.44. The summed E-state index contributed by atoms with van der Waals surface area (Å²) < 4.78 is 49.8. The molecule has 2 heterocycles. The van der Waals surface area contributed by atoms with E-state index in [-0.39, 0.29) is 22.5 Å². The minimum atomic E-state index is -1.84. The van der Waals surface area contributed by atoms with Gasteiger partial charge in [-0.25, -0.2) is 22.9 Å². The van der Waals surface area contributed by atoms with Crippen molar-refractivity contribution in [3.8, 4) is 11.1 Å². The number of carbonyl (C=O) groups excluding carboxylic acids is 1. The van der Waals surface area contributed by atoms with E-state index in [1.165, 1.54) is 6.07 Å². The van der Waals surface area contributed by atoms with Gasteiger partial charge in [0.1, 0.15) is 24.1 Å². The Hall–Kier alpha value is -2.23. The molecule has 12 heteroatoms. The first-order valence-corrected chi connectivity index (χ1v) is 8.61. The summed E-state index contributed by atoms with van der Waals surface area (Å²) in [6.45, 7) is 0.984. The van der Waals surface area contributed by atoms with Gasteiger partial charge < -0.3 is 9.26 Å². The average molecular weight is 455 g/mol. The molecule has 0 aliphatic rings. The molecule has 2 aromatic heterocycles. The third-order valence-corrected chi connectivity index (χ3v) is 3.77. The Morgan fingerprint density at radius 2 is 1.86 bits per heavy atom. The molecule has 1 aromatic carbocycles. The second kappa shape index (κ2) is 7.65. The Morgan fingerprint density at radius 3 is 2.46 bits per heavy atom. The smallest absolute Gasteiger partial charge is 0.413 e. The Labute approximate surface area is 170 Å². The largest absolute Gasteiger partial charge is 0.445 e. The number of hydrogen-bond donors (Lipinski definition) is 1. The van der Waals surface area contributed by atoms with E-state index in [2.05, 4.69) is 15.5 Å². The molecule has 0 aliphatic heterocycles. The number of alkyl halides is 3. The summed E-state index contributed by atoms with van der Waals surface area (Å²) in [6, 6.07) is 2.38. The van der Waals surface area contributed by atoms with Crippen LogP contribution in [0.1, 0.15) is 5.69 Å². The second-order valence-corrected chi connectivity index (χ2v) is 8.10. The zero-order valence-electron chi connectivity index (χ0n) is 13.8. The molecule has 0 unspecified atom stereocenters. The number of rotatable bonds is 3. The number of pyridine rings is 1. The maximum Gasteiger partial charge on any atom is 0.413 e. The van der Waals surface area contributed by atoms with Crippen LogP contribution in [0.3, 0.4) is 0 Å². The minimum absolute atomic E-state index is 0.0270. The summed E-state index contributed by atoms with van der Waals surface area (Å²) >= 11 is 16.5. The van der Waals surface area contributed by atoms with Gasteiger partial charge in [-0.1, -0.05) is 40.0 Å². The molecule has 28 heavy (non-hydrogen) atoms. The number of aryl methyl sites for hydroxylation is 1. The highest BCUT2D eigenvalue weighted by Gasteiger charge is 2.25. The number of carbonyl (C=O) groups is 1. The van der Waals surface area contributed by atoms with E-state index in [1.807, 2.05) is 0 Å². The molecule has 3 aromatic rings. The fourth-order valence-electron chi connectivity index (χ4n) is 2.44. The molecule has 1 N–H and O–H groups in total. The van der Waals surface area contributed by atoms with Crippen molar-refractivity contribution in [2.45, 2.75) is 10.7 Å². The predicted molar refractivity (Wildman–Crippen MR) is 97.1 cm³/mol. The molecule has 148 valence electrons. The van der Waals surface area contributed by atoms with Crippen LogP contribution in [0.15, 0.2) is 22.7 Å². The maximum atomic E-state index is 14.3. The summed E-state index contributed by atoms with van der Waals surface area (Å²) in [7, 11) is 0. The van der Waals surface area contributed by atoms with Crippen molar-refractivity contribution < 1.29 is 27.2 Å². The van der Waals surface area contributed by atoms with Crippen LogP contribution in [-0.2, 0) is 4.74 Å². The number of ether oxygens (including phenoxy) is 1. The molecule has 0 fully saturated rings. The van der Waals surface area contributed by atoms with Gasteiger partial charge in [0, 0.05) is 23.4 Å². The lowest BCUT2D eigenvalue weighted by Crippen LogP contribution is -2.21. The van der Waals surface area contributed by atoms with Crippen LogP contribution in [0.4, 0.5) is 23.8 Å². The summed E-state index contributed by atoms with van der Waals surface area (Å²) in [4.78, 5) is 15.9. The van der Waals surface area contributed by atoms with E-state index < -0.39 is 39.5 Å². The van der Waals surface area contributed by atoms with Gasteiger partial charge in [-0.05, 0) is 13.0 Å². The zero-order valence-corrected chi connectivity index (χ0v) is 16.1. The monoisotopic (exact) mass is 453 g/mol. The quantitative estimate of drug-likeness (QED) is 0.526. The molecular formula is C16H9Cl3F3N3O3. The Bertz CT molecular complexity index is 1050.